The summed E-state index contributed by atoms with van der Waals surface area (Å²) in [4.78, 5) is 12.1. The van der Waals surface area contributed by atoms with Gasteiger partial charge in [-0.1, -0.05) is 30.3 Å². The Balaban J connectivity index is 1.69. The van der Waals surface area contributed by atoms with Crippen LogP contribution in [0.25, 0.3) is 0 Å². The fourth-order valence-electron chi connectivity index (χ4n) is 2.44. The quantitative estimate of drug-likeness (QED) is 0.928. The van der Waals surface area contributed by atoms with Crippen LogP contribution in [0.2, 0.25) is 0 Å². The number of fused-ring (bicyclic) bond motifs is 1. The third-order valence-electron chi connectivity index (χ3n) is 3.54. The van der Waals surface area contributed by atoms with Crippen LogP contribution >= 0.6 is 0 Å². The van der Waals surface area contributed by atoms with Gasteiger partial charge in [-0.05, 0) is 35.7 Å². The fourth-order valence-corrected chi connectivity index (χ4v) is 2.44. The Morgan fingerprint density at radius 1 is 1.25 bits per heavy atom. The summed E-state index contributed by atoms with van der Waals surface area (Å²) >= 11 is 0. The lowest BCUT2D eigenvalue weighted by Crippen LogP contribution is -2.15. The summed E-state index contributed by atoms with van der Waals surface area (Å²) in [6.45, 7) is 2.73. The number of carbonyl (C=O) groups excluding carboxylic acids is 1. The number of nitrogens with one attached hydrogen (secondary N) is 1. The minimum Gasteiger partial charge on any atom is -0.493 e. The van der Waals surface area contributed by atoms with E-state index in [9.17, 15) is 4.79 Å². The third-order valence-corrected chi connectivity index (χ3v) is 3.54. The molecule has 0 unspecified atom stereocenters. The average Bonchev–Trinajstić information content (AvgIpc) is 2.89. The highest BCUT2D eigenvalue weighted by molar-refractivity contribution is 5.93. The summed E-state index contributed by atoms with van der Waals surface area (Å²) < 4.78 is 5.47. The lowest BCUT2D eigenvalue weighted by molar-refractivity contribution is -0.115. The molecule has 0 spiro atoms. The lowest BCUT2D eigenvalue weighted by atomic mass is 10.1. The summed E-state index contributed by atoms with van der Waals surface area (Å²) in [5, 5.41) is 2.96. The van der Waals surface area contributed by atoms with Gasteiger partial charge < -0.3 is 10.1 Å². The molecule has 1 aliphatic heterocycles. The van der Waals surface area contributed by atoms with Crippen molar-refractivity contribution in [3.8, 4) is 5.75 Å². The Labute approximate surface area is 118 Å². The second kappa shape index (κ2) is 5.37. The molecule has 1 amide bonds. The van der Waals surface area contributed by atoms with Gasteiger partial charge in [-0.15, -0.1) is 0 Å². The lowest BCUT2D eigenvalue weighted by Gasteiger charge is -2.08. The van der Waals surface area contributed by atoms with Crippen LogP contribution in [0.15, 0.2) is 42.5 Å². The zero-order valence-corrected chi connectivity index (χ0v) is 11.5. The fraction of sp³-hybridized carbons (Fsp3) is 0.235. The number of aryl methyl sites for hydroxylation is 1. The third kappa shape index (κ3) is 2.67. The predicted octanol–water partition coefficient (Wildman–Crippen LogP) is 3.11. The zero-order valence-electron chi connectivity index (χ0n) is 11.5. The van der Waals surface area contributed by atoms with E-state index in [1.807, 2.05) is 43.3 Å². The number of benzene rings is 2. The highest BCUT2D eigenvalue weighted by Gasteiger charge is 2.13. The van der Waals surface area contributed by atoms with Crippen molar-refractivity contribution in [1.29, 1.82) is 0 Å². The molecule has 102 valence electrons. The molecule has 1 aliphatic rings. The second-order valence-electron chi connectivity index (χ2n) is 5.08. The molecule has 0 fully saturated rings. The monoisotopic (exact) mass is 267 g/mol. The highest BCUT2D eigenvalue weighted by Crippen LogP contribution is 2.26. The molecule has 0 radical (unpaired) electrons. The smallest absolute Gasteiger partial charge is 0.228 e. The van der Waals surface area contributed by atoms with Crippen LogP contribution in [0.1, 0.15) is 16.7 Å². The van der Waals surface area contributed by atoms with Crippen LogP contribution in [0.3, 0.4) is 0 Å². The second-order valence-corrected chi connectivity index (χ2v) is 5.08. The summed E-state index contributed by atoms with van der Waals surface area (Å²) in [7, 11) is 0. The van der Waals surface area contributed by atoms with E-state index in [4.69, 9.17) is 4.74 Å². The molecule has 3 nitrogen and oxygen atoms in total. The summed E-state index contributed by atoms with van der Waals surface area (Å²) in [6.07, 6.45) is 1.32. The maximum Gasteiger partial charge on any atom is 0.228 e. The minimum absolute atomic E-state index is 0.0122. The van der Waals surface area contributed by atoms with Crippen LogP contribution in [0, 0.1) is 6.92 Å². The molecule has 0 bridgehead atoms. The molecule has 1 N–H and O–H groups in total. The van der Waals surface area contributed by atoms with E-state index >= 15 is 0 Å². The zero-order chi connectivity index (χ0) is 13.9. The van der Waals surface area contributed by atoms with Gasteiger partial charge in [0.15, 0.2) is 0 Å². The van der Waals surface area contributed by atoms with E-state index in [0.717, 1.165) is 35.6 Å². The first-order valence-electron chi connectivity index (χ1n) is 6.82. The van der Waals surface area contributed by atoms with Gasteiger partial charge in [0.25, 0.3) is 0 Å². The molecule has 20 heavy (non-hydrogen) atoms. The van der Waals surface area contributed by atoms with E-state index in [0.29, 0.717) is 6.42 Å². The van der Waals surface area contributed by atoms with Crippen LogP contribution in [-0.2, 0) is 17.6 Å². The Morgan fingerprint density at radius 3 is 2.95 bits per heavy atom. The molecule has 3 rings (SSSR count). The van der Waals surface area contributed by atoms with Crippen LogP contribution in [0.5, 0.6) is 5.75 Å². The molecule has 0 saturated heterocycles. The first-order chi connectivity index (χ1) is 9.72. The Kier molecular flexibility index (Phi) is 3.42. The number of ether oxygens (including phenoxy) is 1. The first kappa shape index (κ1) is 12.7. The van der Waals surface area contributed by atoms with Gasteiger partial charge in [-0.25, -0.2) is 0 Å². The van der Waals surface area contributed by atoms with Crippen molar-refractivity contribution >= 4 is 11.6 Å². The van der Waals surface area contributed by atoms with Crippen molar-refractivity contribution in [2.24, 2.45) is 0 Å². The number of anilines is 1. The number of carbonyl (C=O) groups is 1. The Bertz CT molecular complexity index is 649. The average molecular weight is 267 g/mol. The maximum atomic E-state index is 12.1. The predicted molar refractivity (Wildman–Crippen MR) is 79.2 cm³/mol. The van der Waals surface area contributed by atoms with Gasteiger partial charge in [-0.2, -0.15) is 0 Å². The largest absolute Gasteiger partial charge is 0.493 e. The molecule has 1 heterocycles. The van der Waals surface area contributed by atoms with Crippen molar-refractivity contribution in [3.05, 3.63) is 59.2 Å². The molecular weight excluding hydrogens is 250 g/mol. The first-order valence-corrected chi connectivity index (χ1v) is 6.82. The number of amides is 1. The molecule has 0 aliphatic carbocycles. The van der Waals surface area contributed by atoms with Gasteiger partial charge >= 0.3 is 0 Å². The van der Waals surface area contributed by atoms with Gasteiger partial charge in [0.1, 0.15) is 5.75 Å². The van der Waals surface area contributed by atoms with E-state index < -0.39 is 0 Å². The van der Waals surface area contributed by atoms with Crippen molar-refractivity contribution in [3.63, 3.8) is 0 Å². The maximum absolute atomic E-state index is 12.1. The molecule has 0 atom stereocenters. The van der Waals surface area contributed by atoms with Crippen LogP contribution in [-0.4, -0.2) is 12.5 Å². The molecule has 0 saturated carbocycles. The van der Waals surface area contributed by atoms with Gasteiger partial charge in [-0.3, -0.25) is 4.79 Å². The molecule has 2 aromatic rings. The van der Waals surface area contributed by atoms with Gasteiger partial charge in [0.05, 0.1) is 13.0 Å². The van der Waals surface area contributed by atoms with Crippen LogP contribution < -0.4 is 10.1 Å². The van der Waals surface area contributed by atoms with E-state index in [1.54, 1.807) is 0 Å². The van der Waals surface area contributed by atoms with Crippen molar-refractivity contribution < 1.29 is 9.53 Å². The Morgan fingerprint density at radius 2 is 2.10 bits per heavy atom. The molecule has 3 heteroatoms. The van der Waals surface area contributed by atoms with Crippen molar-refractivity contribution in [2.45, 2.75) is 19.8 Å². The molecule has 0 aromatic heterocycles. The summed E-state index contributed by atoms with van der Waals surface area (Å²) in [6, 6.07) is 13.8. The molecule has 2 aromatic carbocycles. The number of hydrogen-bond acceptors (Lipinski definition) is 2. The van der Waals surface area contributed by atoms with Crippen LogP contribution in [0.4, 0.5) is 5.69 Å². The van der Waals surface area contributed by atoms with E-state index in [-0.39, 0.29) is 5.91 Å². The van der Waals surface area contributed by atoms with Crippen molar-refractivity contribution in [2.75, 3.05) is 11.9 Å². The van der Waals surface area contributed by atoms with Gasteiger partial charge in [0.2, 0.25) is 5.91 Å². The van der Waals surface area contributed by atoms with E-state index in [2.05, 4.69) is 11.4 Å². The SMILES string of the molecule is Cc1ccccc1NC(=O)Cc1ccc2c(c1)CCO2. The highest BCUT2D eigenvalue weighted by atomic mass is 16.5. The normalized spacial score (nSPS) is 12.7. The minimum atomic E-state index is 0.0122. The molecular formula is C17H17NO2. The van der Waals surface area contributed by atoms with E-state index in [1.165, 1.54) is 5.56 Å². The van der Waals surface area contributed by atoms with Crippen molar-refractivity contribution in [1.82, 2.24) is 0 Å². The summed E-state index contributed by atoms with van der Waals surface area (Å²) in [5.41, 5.74) is 4.18. The van der Waals surface area contributed by atoms with Gasteiger partial charge in [0, 0.05) is 12.1 Å². The Hall–Kier alpha value is -2.29. The number of para-hydroxylation sites is 1. The summed E-state index contributed by atoms with van der Waals surface area (Å²) in [5.74, 6) is 0.964. The number of rotatable bonds is 3. The number of hydrogen-bond donors (Lipinski definition) is 1. The standard InChI is InChI=1S/C17H17NO2/c1-12-4-2-3-5-15(12)18-17(19)11-13-6-7-16-14(10-13)8-9-20-16/h2-7,10H,8-9,11H2,1H3,(H,18,19). The topological polar surface area (TPSA) is 38.3 Å².